The number of ether oxygens (including phenoxy) is 1. The van der Waals surface area contributed by atoms with Gasteiger partial charge in [0.05, 0.1) is 17.2 Å². The van der Waals surface area contributed by atoms with Crippen molar-refractivity contribution in [1.82, 2.24) is 5.32 Å². The molecule has 0 heterocycles. The molecule has 0 aliphatic heterocycles. The van der Waals surface area contributed by atoms with E-state index in [1.807, 2.05) is 0 Å². The summed E-state index contributed by atoms with van der Waals surface area (Å²) < 4.78 is 5.02. The number of benzene rings is 1. The molecule has 0 spiro atoms. The van der Waals surface area contributed by atoms with Gasteiger partial charge in [-0.3, -0.25) is 4.79 Å². The Morgan fingerprint density at radius 3 is 2.47 bits per heavy atom. The molecular formula is C12H13Cl2NO2. The van der Waals surface area contributed by atoms with Crippen LogP contribution < -0.4 is 10.1 Å². The van der Waals surface area contributed by atoms with Crippen molar-refractivity contribution in [2.45, 2.75) is 12.8 Å². The van der Waals surface area contributed by atoms with Crippen LogP contribution in [0.25, 0.3) is 0 Å². The van der Waals surface area contributed by atoms with Gasteiger partial charge in [0.25, 0.3) is 5.91 Å². The predicted molar refractivity (Wildman–Crippen MR) is 68.1 cm³/mol. The standard InChI is InChI=1S/C12H13Cl2NO2/c1-17-11-9(13)4-8(5-10(11)14)12(16)15-6-7-2-3-7/h4-5,7H,2-3,6H2,1H3,(H,15,16). The summed E-state index contributed by atoms with van der Waals surface area (Å²) in [6, 6.07) is 3.13. The molecule has 1 aliphatic rings. The summed E-state index contributed by atoms with van der Waals surface area (Å²) in [6.45, 7) is 0.722. The molecule has 0 aromatic heterocycles. The molecule has 0 atom stereocenters. The Morgan fingerprint density at radius 1 is 1.41 bits per heavy atom. The lowest BCUT2D eigenvalue weighted by Crippen LogP contribution is -2.25. The highest BCUT2D eigenvalue weighted by atomic mass is 35.5. The van der Waals surface area contributed by atoms with Crippen molar-refractivity contribution in [3.05, 3.63) is 27.7 Å². The van der Waals surface area contributed by atoms with E-state index in [4.69, 9.17) is 27.9 Å². The van der Waals surface area contributed by atoms with Crippen LogP contribution in [0.1, 0.15) is 23.2 Å². The van der Waals surface area contributed by atoms with Crippen LogP contribution in [0.4, 0.5) is 0 Å². The maximum Gasteiger partial charge on any atom is 0.251 e. The van der Waals surface area contributed by atoms with Crippen LogP contribution in [0.15, 0.2) is 12.1 Å². The van der Waals surface area contributed by atoms with Gasteiger partial charge in [-0.2, -0.15) is 0 Å². The van der Waals surface area contributed by atoms with Crippen LogP contribution in [-0.2, 0) is 0 Å². The van der Waals surface area contributed by atoms with Crippen molar-refractivity contribution in [1.29, 1.82) is 0 Å². The van der Waals surface area contributed by atoms with Crippen LogP contribution in [0, 0.1) is 5.92 Å². The molecule has 0 saturated heterocycles. The van der Waals surface area contributed by atoms with E-state index in [1.54, 1.807) is 12.1 Å². The number of hydrogen-bond acceptors (Lipinski definition) is 2. The summed E-state index contributed by atoms with van der Waals surface area (Å²) in [5.74, 6) is 0.888. The molecule has 5 heteroatoms. The van der Waals surface area contributed by atoms with Crippen molar-refractivity contribution in [2.75, 3.05) is 13.7 Å². The maximum atomic E-state index is 11.8. The topological polar surface area (TPSA) is 38.3 Å². The summed E-state index contributed by atoms with van der Waals surface area (Å²) in [6.07, 6.45) is 2.40. The molecule has 1 amide bonds. The minimum atomic E-state index is -0.150. The van der Waals surface area contributed by atoms with E-state index in [9.17, 15) is 4.79 Å². The summed E-state index contributed by atoms with van der Waals surface area (Å²) in [4.78, 5) is 11.8. The molecule has 0 radical (unpaired) electrons. The Morgan fingerprint density at radius 2 is 2.00 bits per heavy atom. The SMILES string of the molecule is COc1c(Cl)cc(C(=O)NCC2CC2)cc1Cl. The fourth-order valence-electron chi connectivity index (χ4n) is 1.55. The molecule has 2 rings (SSSR count). The van der Waals surface area contributed by atoms with Crippen LogP contribution >= 0.6 is 23.2 Å². The maximum absolute atomic E-state index is 11.8. The van der Waals surface area contributed by atoms with E-state index >= 15 is 0 Å². The van der Waals surface area contributed by atoms with Crippen LogP contribution in [-0.4, -0.2) is 19.6 Å². The van der Waals surface area contributed by atoms with Gasteiger partial charge in [0.2, 0.25) is 0 Å². The van der Waals surface area contributed by atoms with Gasteiger partial charge in [-0.1, -0.05) is 23.2 Å². The zero-order chi connectivity index (χ0) is 12.4. The van der Waals surface area contributed by atoms with Crippen molar-refractivity contribution in [3.63, 3.8) is 0 Å². The Balaban J connectivity index is 2.11. The molecule has 92 valence electrons. The summed E-state index contributed by atoms with van der Waals surface area (Å²) >= 11 is 11.9. The highest BCUT2D eigenvalue weighted by Gasteiger charge is 2.22. The van der Waals surface area contributed by atoms with Gasteiger partial charge in [0.15, 0.2) is 5.75 Å². The average molecular weight is 274 g/mol. The van der Waals surface area contributed by atoms with Crippen molar-refractivity contribution in [2.24, 2.45) is 5.92 Å². The molecule has 17 heavy (non-hydrogen) atoms. The zero-order valence-electron chi connectivity index (χ0n) is 9.43. The second kappa shape index (κ2) is 5.15. The number of nitrogens with one attached hydrogen (secondary N) is 1. The number of hydrogen-bond donors (Lipinski definition) is 1. The Hall–Kier alpha value is -0.930. The first-order chi connectivity index (χ1) is 8.11. The van der Waals surface area contributed by atoms with Gasteiger partial charge in [0.1, 0.15) is 0 Å². The van der Waals surface area contributed by atoms with Gasteiger partial charge in [0, 0.05) is 12.1 Å². The molecular weight excluding hydrogens is 261 g/mol. The van der Waals surface area contributed by atoms with Crippen molar-refractivity contribution in [3.8, 4) is 5.75 Å². The lowest BCUT2D eigenvalue weighted by molar-refractivity contribution is 0.0952. The normalized spacial score (nSPS) is 14.5. The van der Waals surface area contributed by atoms with E-state index in [-0.39, 0.29) is 5.91 Å². The van der Waals surface area contributed by atoms with E-state index in [0.29, 0.717) is 27.3 Å². The van der Waals surface area contributed by atoms with Crippen LogP contribution in [0.2, 0.25) is 10.0 Å². The smallest absolute Gasteiger partial charge is 0.251 e. The number of rotatable bonds is 4. The van der Waals surface area contributed by atoms with E-state index in [2.05, 4.69) is 5.32 Å². The van der Waals surface area contributed by atoms with Gasteiger partial charge >= 0.3 is 0 Å². The van der Waals surface area contributed by atoms with Gasteiger partial charge in [-0.05, 0) is 30.9 Å². The second-order valence-electron chi connectivity index (χ2n) is 4.13. The summed E-state index contributed by atoms with van der Waals surface area (Å²) in [7, 11) is 1.49. The zero-order valence-corrected chi connectivity index (χ0v) is 10.9. The first-order valence-electron chi connectivity index (χ1n) is 5.43. The molecule has 1 aromatic carbocycles. The highest BCUT2D eigenvalue weighted by molar-refractivity contribution is 6.37. The van der Waals surface area contributed by atoms with Gasteiger partial charge in [-0.15, -0.1) is 0 Å². The third-order valence-corrected chi connectivity index (χ3v) is 3.27. The second-order valence-corrected chi connectivity index (χ2v) is 4.94. The van der Waals surface area contributed by atoms with Gasteiger partial charge < -0.3 is 10.1 Å². The lowest BCUT2D eigenvalue weighted by atomic mass is 10.2. The quantitative estimate of drug-likeness (QED) is 0.916. The summed E-state index contributed by atoms with van der Waals surface area (Å²) in [5, 5.41) is 3.54. The Bertz CT molecular complexity index is 421. The largest absolute Gasteiger partial charge is 0.494 e. The number of carbonyl (C=O) groups excluding carboxylic acids is 1. The van der Waals surface area contributed by atoms with E-state index in [1.165, 1.54) is 20.0 Å². The summed E-state index contributed by atoms with van der Waals surface area (Å²) in [5.41, 5.74) is 0.460. The lowest BCUT2D eigenvalue weighted by Gasteiger charge is -2.09. The van der Waals surface area contributed by atoms with Crippen LogP contribution in [0.5, 0.6) is 5.75 Å². The number of methoxy groups -OCH3 is 1. The monoisotopic (exact) mass is 273 g/mol. The number of carbonyl (C=O) groups is 1. The van der Waals surface area contributed by atoms with Crippen LogP contribution in [0.3, 0.4) is 0 Å². The fourth-order valence-corrected chi connectivity index (χ4v) is 2.19. The Kier molecular flexibility index (Phi) is 3.79. The number of halogens is 2. The molecule has 0 unspecified atom stereocenters. The molecule has 1 saturated carbocycles. The third kappa shape index (κ3) is 3.05. The third-order valence-electron chi connectivity index (χ3n) is 2.71. The molecule has 1 N–H and O–H groups in total. The first-order valence-corrected chi connectivity index (χ1v) is 6.18. The molecule has 3 nitrogen and oxygen atoms in total. The minimum Gasteiger partial charge on any atom is -0.494 e. The Labute approximate surface area is 110 Å². The molecule has 1 aromatic rings. The predicted octanol–water partition coefficient (Wildman–Crippen LogP) is 3.14. The highest BCUT2D eigenvalue weighted by Crippen LogP contribution is 2.34. The molecule has 1 fully saturated rings. The van der Waals surface area contributed by atoms with Crippen molar-refractivity contribution >= 4 is 29.1 Å². The minimum absolute atomic E-state index is 0.150. The van der Waals surface area contributed by atoms with Gasteiger partial charge in [-0.25, -0.2) is 0 Å². The molecule has 1 aliphatic carbocycles. The number of amides is 1. The van der Waals surface area contributed by atoms with E-state index < -0.39 is 0 Å². The van der Waals surface area contributed by atoms with Crippen molar-refractivity contribution < 1.29 is 9.53 Å². The first kappa shape index (κ1) is 12.5. The average Bonchev–Trinajstić information content (AvgIpc) is 3.09. The molecule has 0 bridgehead atoms. The van der Waals surface area contributed by atoms with E-state index in [0.717, 1.165) is 6.54 Å². The fraction of sp³-hybridized carbons (Fsp3) is 0.417.